The van der Waals surface area contributed by atoms with Gasteiger partial charge in [-0.05, 0) is 6.07 Å². The van der Waals surface area contributed by atoms with E-state index < -0.39 is 41.2 Å². The predicted octanol–water partition coefficient (Wildman–Crippen LogP) is 0.473. The number of Topliss-reactive ketones (excluding diaryl/α,β-unsaturated/α-hetero) is 3. The van der Waals surface area contributed by atoms with Crippen LogP contribution < -0.4 is 4.74 Å². The number of aliphatic hydroxyl groups is 2. The molecule has 0 aromatic heterocycles. The van der Waals surface area contributed by atoms with Gasteiger partial charge in [-0.3, -0.25) is 14.4 Å². The van der Waals surface area contributed by atoms with Gasteiger partial charge in [-0.15, -0.1) is 0 Å². The minimum atomic E-state index is -1.76. The van der Waals surface area contributed by atoms with Crippen molar-refractivity contribution < 1.29 is 34.4 Å². The molecule has 0 heterocycles. The zero-order valence-electron chi connectivity index (χ0n) is 13.4. The Morgan fingerprint density at radius 3 is 2.44 bits per heavy atom. The van der Waals surface area contributed by atoms with Gasteiger partial charge in [0.1, 0.15) is 6.10 Å². The molecule has 7 nitrogen and oxygen atoms in total. The molecule has 3 unspecified atom stereocenters. The van der Waals surface area contributed by atoms with E-state index >= 15 is 0 Å². The fraction of sp³-hybridized carbons (Fsp3) is 0.278. The fourth-order valence-electron chi connectivity index (χ4n) is 3.78. The minimum absolute atomic E-state index is 0.0244. The number of phenols is 1. The smallest absolute Gasteiger partial charge is 0.234 e. The van der Waals surface area contributed by atoms with Crippen molar-refractivity contribution in [3.8, 4) is 11.5 Å². The number of hydrogen-bond donors (Lipinski definition) is 3. The number of methoxy groups -OCH3 is 1. The molecule has 0 fully saturated rings. The van der Waals surface area contributed by atoms with Crippen molar-refractivity contribution in [3.63, 3.8) is 0 Å². The molecule has 0 bridgehead atoms. The van der Waals surface area contributed by atoms with Crippen LogP contribution in [-0.4, -0.2) is 45.9 Å². The van der Waals surface area contributed by atoms with Crippen LogP contribution in [0, 0.1) is 5.92 Å². The highest BCUT2D eigenvalue weighted by Crippen LogP contribution is 2.53. The molecule has 0 saturated carbocycles. The van der Waals surface area contributed by atoms with Crippen molar-refractivity contribution in [2.24, 2.45) is 5.92 Å². The Morgan fingerprint density at radius 2 is 1.80 bits per heavy atom. The molecule has 7 heteroatoms. The maximum Gasteiger partial charge on any atom is 0.234 e. The SMILES string of the molecule is COc1cc2c3c(c1O)C(O)C(=O)C1=C3C(=CC(C)C1O)C(=O)C2=O. The van der Waals surface area contributed by atoms with Gasteiger partial charge in [-0.25, -0.2) is 0 Å². The molecule has 0 radical (unpaired) electrons. The summed E-state index contributed by atoms with van der Waals surface area (Å²) in [6, 6.07) is 1.21. The van der Waals surface area contributed by atoms with E-state index in [9.17, 15) is 29.7 Å². The summed E-state index contributed by atoms with van der Waals surface area (Å²) in [7, 11) is 1.25. The zero-order valence-corrected chi connectivity index (χ0v) is 13.4. The first-order valence-corrected chi connectivity index (χ1v) is 7.69. The molecule has 0 spiro atoms. The largest absolute Gasteiger partial charge is 0.504 e. The van der Waals surface area contributed by atoms with Crippen molar-refractivity contribution in [3.05, 3.63) is 40.0 Å². The topological polar surface area (TPSA) is 121 Å². The van der Waals surface area contributed by atoms with Crippen LogP contribution in [-0.2, 0) is 9.59 Å². The Morgan fingerprint density at radius 1 is 1.12 bits per heavy atom. The molecule has 128 valence electrons. The third kappa shape index (κ3) is 1.74. The Labute approximate surface area is 141 Å². The van der Waals surface area contributed by atoms with Crippen LogP contribution in [0.5, 0.6) is 11.5 Å². The number of ether oxygens (including phenoxy) is 1. The Hall–Kier alpha value is -2.77. The molecule has 0 aliphatic heterocycles. The summed E-state index contributed by atoms with van der Waals surface area (Å²) in [5, 5.41) is 31.2. The summed E-state index contributed by atoms with van der Waals surface area (Å²) in [5.41, 5.74) is -0.0807. The fourth-order valence-corrected chi connectivity index (χ4v) is 3.78. The van der Waals surface area contributed by atoms with E-state index in [0.29, 0.717) is 0 Å². The number of carbonyl (C=O) groups excluding carboxylic acids is 3. The third-order valence-electron chi connectivity index (χ3n) is 5.02. The number of hydrogen-bond acceptors (Lipinski definition) is 7. The normalized spacial score (nSPS) is 27.3. The molecular formula is C18H14O7. The summed E-state index contributed by atoms with van der Waals surface area (Å²) in [4.78, 5) is 37.7. The van der Waals surface area contributed by atoms with Crippen LogP contribution in [0.2, 0.25) is 0 Å². The summed E-state index contributed by atoms with van der Waals surface area (Å²) in [5.74, 6) is -3.57. The van der Waals surface area contributed by atoms with Gasteiger partial charge < -0.3 is 20.1 Å². The number of benzene rings is 1. The second kappa shape index (κ2) is 4.87. The summed E-state index contributed by atoms with van der Waals surface area (Å²) in [6.07, 6.45) is -1.53. The maximum absolute atomic E-state index is 12.7. The second-order valence-corrected chi connectivity index (χ2v) is 6.36. The predicted molar refractivity (Wildman–Crippen MR) is 84.1 cm³/mol. The molecule has 1 aromatic rings. The first kappa shape index (κ1) is 15.7. The van der Waals surface area contributed by atoms with E-state index in [1.165, 1.54) is 19.3 Å². The Bertz CT molecular complexity index is 951. The van der Waals surface area contributed by atoms with Crippen molar-refractivity contribution in [1.29, 1.82) is 0 Å². The first-order valence-electron chi connectivity index (χ1n) is 7.69. The number of allylic oxidation sites excluding steroid dienone is 2. The minimum Gasteiger partial charge on any atom is -0.504 e. The average Bonchev–Trinajstić information content (AvgIpc) is 2.59. The van der Waals surface area contributed by atoms with E-state index in [1.54, 1.807) is 6.92 Å². The summed E-state index contributed by atoms with van der Waals surface area (Å²) < 4.78 is 5.00. The van der Waals surface area contributed by atoms with Crippen molar-refractivity contribution >= 4 is 22.9 Å². The molecule has 3 atom stereocenters. The monoisotopic (exact) mass is 342 g/mol. The van der Waals surface area contributed by atoms with Crippen LogP contribution in [0.1, 0.15) is 34.5 Å². The number of ketones is 3. The van der Waals surface area contributed by atoms with Crippen LogP contribution in [0.15, 0.2) is 23.3 Å². The van der Waals surface area contributed by atoms with E-state index in [0.717, 1.165) is 0 Å². The number of aromatic hydroxyl groups is 1. The van der Waals surface area contributed by atoms with Gasteiger partial charge in [0.15, 0.2) is 17.3 Å². The number of carbonyl (C=O) groups is 3. The van der Waals surface area contributed by atoms with Crippen LogP contribution in [0.4, 0.5) is 0 Å². The van der Waals surface area contributed by atoms with Gasteiger partial charge in [0, 0.05) is 39.3 Å². The quantitative estimate of drug-likeness (QED) is 0.634. The first-order chi connectivity index (χ1) is 11.8. The van der Waals surface area contributed by atoms with Gasteiger partial charge in [0.2, 0.25) is 11.6 Å². The van der Waals surface area contributed by atoms with Gasteiger partial charge in [-0.1, -0.05) is 13.0 Å². The maximum atomic E-state index is 12.7. The van der Waals surface area contributed by atoms with Crippen molar-refractivity contribution in [2.75, 3.05) is 7.11 Å². The lowest BCUT2D eigenvalue weighted by Gasteiger charge is -2.37. The molecule has 25 heavy (non-hydrogen) atoms. The van der Waals surface area contributed by atoms with Gasteiger partial charge in [0.05, 0.1) is 13.2 Å². The second-order valence-electron chi connectivity index (χ2n) is 6.36. The average molecular weight is 342 g/mol. The Kier molecular flexibility index (Phi) is 3.07. The molecule has 0 amide bonds. The summed E-state index contributed by atoms with van der Waals surface area (Å²) >= 11 is 0. The lowest BCUT2D eigenvalue weighted by Crippen LogP contribution is -2.39. The molecule has 0 saturated heterocycles. The molecular weight excluding hydrogens is 328 g/mol. The van der Waals surface area contributed by atoms with Crippen LogP contribution in [0.3, 0.4) is 0 Å². The van der Waals surface area contributed by atoms with E-state index in [-0.39, 0.29) is 39.2 Å². The zero-order chi connectivity index (χ0) is 18.2. The number of phenolic OH excluding ortho intramolecular Hbond substituents is 1. The van der Waals surface area contributed by atoms with Crippen molar-refractivity contribution in [1.82, 2.24) is 0 Å². The van der Waals surface area contributed by atoms with E-state index in [1.807, 2.05) is 0 Å². The van der Waals surface area contributed by atoms with E-state index in [4.69, 9.17) is 4.74 Å². The van der Waals surface area contributed by atoms with Crippen molar-refractivity contribution in [2.45, 2.75) is 19.1 Å². The highest BCUT2D eigenvalue weighted by Gasteiger charge is 2.49. The van der Waals surface area contributed by atoms with Crippen LogP contribution >= 0.6 is 0 Å². The number of rotatable bonds is 1. The highest BCUT2D eigenvalue weighted by atomic mass is 16.5. The molecule has 3 aliphatic carbocycles. The standard InChI is InChI=1S/C18H14O7/c1-5-3-6-9-10-7(15(21)14(6)20)4-8(25-2)16(22)12(10)18(24)17(23)11(9)13(5)19/h3-5,13,18-19,22,24H,1-2H3. The van der Waals surface area contributed by atoms with E-state index in [2.05, 4.69) is 0 Å². The van der Waals surface area contributed by atoms with Gasteiger partial charge in [-0.2, -0.15) is 0 Å². The molecule has 1 aromatic carbocycles. The van der Waals surface area contributed by atoms with Gasteiger partial charge in [0.25, 0.3) is 0 Å². The van der Waals surface area contributed by atoms with Crippen LogP contribution in [0.25, 0.3) is 5.57 Å². The number of aliphatic hydroxyl groups excluding tert-OH is 2. The molecule has 3 N–H and O–H groups in total. The van der Waals surface area contributed by atoms with Gasteiger partial charge >= 0.3 is 0 Å². The lowest BCUT2D eigenvalue weighted by atomic mass is 9.66. The lowest BCUT2D eigenvalue weighted by molar-refractivity contribution is -0.125. The Balaban J connectivity index is 2.21. The third-order valence-corrected chi connectivity index (χ3v) is 5.02. The molecule has 4 rings (SSSR count). The highest BCUT2D eigenvalue weighted by molar-refractivity contribution is 6.55. The summed E-state index contributed by atoms with van der Waals surface area (Å²) in [6.45, 7) is 1.61. The molecule has 3 aliphatic rings.